The van der Waals surface area contributed by atoms with Crippen LogP contribution in [0.4, 0.5) is 4.39 Å². The van der Waals surface area contributed by atoms with Crippen molar-refractivity contribution in [3.05, 3.63) is 84.2 Å². The highest BCUT2D eigenvalue weighted by Gasteiger charge is 2.15. The van der Waals surface area contributed by atoms with Gasteiger partial charge in [-0.3, -0.25) is 4.79 Å². The van der Waals surface area contributed by atoms with Gasteiger partial charge in [0, 0.05) is 13.1 Å². The van der Waals surface area contributed by atoms with E-state index in [4.69, 9.17) is 0 Å². The molecule has 26 heavy (non-hydrogen) atoms. The lowest BCUT2D eigenvalue weighted by atomic mass is 10.1. The molecule has 1 heterocycles. The third kappa shape index (κ3) is 4.03. The molecular weight excluding hydrogens is 331 g/mol. The van der Waals surface area contributed by atoms with E-state index < -0.39 is 0 Å². The van der Waals surface area contributed by atoms with Gasteiger partial charge in [-0.05, 0) is 48.4 Å². The van der Waals surface area contributed by atoms with Crippen LogP contribution in [0.3, 0.4) is 0 Å². The van der Waals surface area contributed by atoms with Crippen LogP contribution in [0.2, 0.25) is 0 Å². The molecule has 6 heteroatoms. The van der Waals surface area contributed by atoms with Gasteiger partial charge >= 0.3 is 0 Å². The number of amides is 1. The average Bonchev–Trinajstić information content (AvgIpc) is 3.21. The van der Waals surface area contributed by atoms with Crippen LogP contribution in [0.1, 0.15) is 24.1 Å². The summed E-state index contributed by atoms with van der Waals surface area (Å²) in [5.41, 5.74) is 2.70. The Hall–Kier alpha value is -3.28. The summed E-state index contributed by atoms with van der Waals surface area (Å²) in [6, 6.07) is 13.7. The molecule has 5 nitrogen and oxygen atoms in total. The van der Waals surface area contributed by atoms with Crippen LogP contribution in [-0.2, 0) is 4.79 Å². The number of benzene rings is 2. The number of halogens is 1. The van der Waals surface area contributed by atoms with Crippen LogP contribution >= 0.6 is 0 Å². The molecule has 0 radical (unpaired) electrons. The maximum Gasteiger partial charge on any atom is 0.246 e. The van der Waals surface area contributed by atoms with Crippen LogP contribution in [0, 0.1) is 5.82 Å². The first kappa shape index (κ1) is 17.5. The van der Waals surface area contributed by atoms with Crippen molar-refractivity contribution in [1.82, 2.24) is 19.7 Å². The van der Waals surface area contributed by atoms with Gasteiger partial charge in [-0.15, -0.1) is 0 Å². The topological polar surface area (TPSA) is 51.0 Å². The molecule has 3 aromatic rings. The molecule has 0 N–H and O–H groups in total. The molecule has 0 aliphatic rings. The average molecular weight is 350 g/mol. The van der Waals surface area contributed by atoms with E-state index in [-0.39, 0.29) is 17.8 Å². The maximum absolute atomic E-state index is 12.9. The predicted octanol–water partition coefficient (Wildman–Crippen LogP) is 3.64. The fourth-order valence-electron chi connectivity index (χ4n) is 2.52. The summed E-state index contributed by atoms with van der Waals surface area (Å²) in [5.74, 6) is -0.421. The zero-order valence-corrected chi connectivity index (χ0v) is 14.6. The minimum Gasteiger partial charge on any atom is -0.335 e. The summed E-state index contributed by atoms with van der Waals surface area (Å²) in [4.78, 5) is 18.0. The van der Waals surface area contributed by atoms with E-state index in [0.717, 1.165) is 16.8 Å². The summed E-state index contributed by atoms with van der Waals surface area (Å²) in [7, 11) is 1.76. The molecular formula is C20H19FN4O. The van der Waals surface area contributed by atoms with Crippen molar-refractivity contribution in [1.29, 1.82) is 0 Å². The Morgan fingerprint density at radius 2 is 1.85 bits per heavy atom. The first-order valence-electron chi connectivity index (χ1n) is 8.20. The Balaban J connectivity index is 1.67. The number of hydrogen-bond acceptors (Lipinski definition) is 3. The van der Waals surface area contributed by atoms with Gasteiger partial charge in [0.05, 0.1) is 11.7 Å². The fraction of sp³-hybridized carbons (Fsp3) is 0.150. The Labute approximate surface area is 151 Å². The minimum atomic E-state index is -0.298. The molecule has 0 aliphatic heterocycles. The van der Waals surface area contributed by atoms with Crippen LogP contribution in [-0.4, -0.2) is 32.6 Å². The van der Waals surface area contributed by atoms with E-state index in [1.807, 2.05) is 31.2 Å². The number of hydrogen-bond donors (Lipinski definition) is 0. The summed E-state index contributed by atoms with van der Waals surface area (Å²) in [6.45, 7) is 1.97. The lowest BCUT2D eigenvalue weighted by Gasteiger charge is -2.24. The molecule has 1 aromatic heterocycles. The van der Waals surface area contributed by atoms with Crippen molar-refractivity contribution in [3.8, 4) is 5.69 Å². The van der Waals surface area contributed by atoms with Gasteiger partial charge in [-0.25, -0.2) is 14.1 Å². The van der Waals surface area contributed by atoms with Crippen molar-refractivity contribution < 1.29 is 9.18 Å². The Kier molecular flexibility index (Phi) is 5.22. The summed E-state index contributed by atoms with van der Waals surface area (Å²) < 4.78 is 14.6. The lowest BCUT2D eigenvalue weighted by molar-refractivity contribution is -0.126. The van der Waals surface area contributed by atoms with E-state index in [2.05, 4.69) is 10.1 Å². The standard InChI is InChI=1S/C20H19FN4O/c1-15(17-6-10-19(11-7-17)25-14-22-13-23-25)24(2)20(26)12-5-16-3-8-18(21)9-4-16/h3-15H,1-2H3/b12-5+. The molecule has 0 saturated carbocycles. The molecule has 0 saturated heterocycles. The normalized spacial score (nSPS) is 12.3. The Bertz CT molecular complexity index is 887. The summed E-state index contributed by atoms with van der Waals surface area (Å²) in [5, 5.41) is 4.09. The first-order valence-corrected chi connectivity index (χ1v) is 8.20. The first-order chi connectivity index (χ1) is 12.5. The zero-order valence-electron chi connectivity index (χ0n) is 14.6. The number of aromatic nitrogens is 3. The van der Waals surface area contributed by atoms with Crippen molar-refractivity contribution in [2.24, 2.45) is 0 Å². The minimum absolute atomic E-state index is 0.0924. The van der Waals surface area contributed by atoms with E-state index in [1.165, 1.54) is 24.5 Å². The van der Waals surface area contributed by atoms with E-state index in [9.17, 15) is 9.18 Å². The molecule has 3 rings (SSSR count). The quantitative estimate of drug-likeness (QED) is 0.660. The second kappa shape index (κ2) is 7.74. The second-order valence-corrected chi connectivity index (χ2v) is 5.94. The van der Waals surface area contributed by atoms with Crippen LogP contribution in [0.5, 0.6) is 0 Å². The molecule has 0 bridgehead atoms. The molecule has 1 amide bonds. The third-order valence-corrected chi connectivity index (χ3v) is 4.28. The van der Waals surface area contributed by atoms with Crippen LogP contribution < -0.4 is 0 Å². The molecule has 1 unspecified atom stereocenters. The van der Waals surface area contributed by atoms with Gasteiger partial charge in [0.1, 0.15) is 18.5 Å². The predicted molar refractivity (Wildman–Crippen MR) is 98.0 cm³/mol. The highest BCUT2D eigenvalue weighted by Crippen LogP contribution is 2.20. The molecule has 2 aromatic carbocycles. The second-order valence-electron chi connectivity index (χ2n) is 5.94. The molecule has 132 valence electrons. The third-order valence-electron chi connectivity index (χ3n) is 4.28. The van der Waals surface area contributed by atoms with Gasteiger partial charge < -0.3 is 4.90 Å². The molecule has 0 aliphatic carbocycles. The Morgan fingerprint density at radius 1 is 1.15 bits per heavy atom. The maximum atomic E-state index is 12.9. The fourth-order valence-corrected chi connectivity index (χ4v) is 2.52. The summed E-state index contributed by atoms with van der Waals surface area (Å²) in [6.07, 6.45) is 6.29. The van der Waals surface area contributed by atoms with Gasteiger partial charge in [0.2, 0.25) is 5.91 Å². The van der Waals surface area contributed by atoms with Crippen molar-refractivity contribution >= 4 is 12.0 Å². The number of nitrogens with zero attached hydrogens (tertiary/aromatic N) is 4. The monoisotopic (exact) mass is 350 g/mol. The lowest BCUT2D eigenvalue weighted by Crippen LogP contribution is -2.27. The van der Waals surface area contributed by atoms with Crippen molar-refractivity contribution in [2.45, 2.75) is 13.0 Å². The van der Waals surface area contributed by atoms with E-state index in [1.54, 1.807) is 41.2 Å². The largest absolute Gasteiger partial charge is 0.335 e. The van der Waals surface area contributed by atoms with Crippen LogP contribution in [0.25, 0.3) is 11.8 Å². The number of carbonyl (C=O) groups excluding carboxylic acids is 1. The number of carbonyl (C=O) groups is 1. The SMILES string of the molecule is CC(c1ccc(-n2cncn2)cc1)N(C)C(=O)/C=C/c1ccc(F)cc1. The Morgan fingerprint density at radius 3 is 2.46 bits per heavy atom. The number of likely N-dealkylation sites (N-methyl/N-ethyl adjacent to an activating group) is 1. The molecule has 0 fully saturated rings. The molecule has 0 spiro atoms. The van der Waals surface area contributed by atoms with Crippen molar-refractivity contribution in [3.63, 3.8) is 0 Å². The van der Waals surface area contributed by atoms with Gasteiger partial charge in [-0.2, -0.15) is 5.10 Å². The van der Waals surface area contributed by atoms with Crippen molar-refractivity contribution in [2.75, 3.05) is 7.05 Å². The van der Waals surface area contributed by atoms with Crippen LogP contribution in [0.15, 0.2) is 67.3 Å². The smallest absolute Gasteiger partial charge is 0.246 e. The van der Waals surface area contributed by atoms with Gasteiger partial charge in [0.15, 0.2) is 0 Å². The van der Waals surface area contributed by atoms with E-state index in [0.29, 0.717) is 0 Å². The highest BCUT2D eigenvalue weighted by molar-refractivity contribution is 5.91. The zero-order chi connectivity index (χ0) is 18.5. The van der Waals surface area contributed by atoms with E-state index >= 15 is 0 Å². The highest BCUT2D eigenvalue weighted by atomic mass is 19.1. The van der Waals surface area contributed by atoms with Gasteiger partial charge in [-0.1, -0.05) is 24.3 Å². The molecule has 1 atom stereocenters. The number of rotatable bonds is 5. The summed E-state index contributed by atoms with van der Waals surface area (Å²) >= 11 is 0. The van der Waals surface area contributed by atoms with Gasteiger partial charge in [0.25, 0.3) is 0 Å².